The van der Waals surface area contributed by atoms with E-state index < -0.39 is 5.60 Å². The van der Waals surface area contributed by atoms with Crippen LogP contribution in [0.25, 0.3) is 0 Å². The van der Waals surface area contributed by atoms with Crippen molar-refractivity contribution >= 4 is 6.09 Å². The number of ether oxygens (including phenoxy) is 2. The average molecular weight is 312 g/mol. The Morgan fingerprint density at radius 2 is 1.95 bits per heavy atom. The lowest BCUT2D eigenvalue weighted by atomic mass is 9.92. The Hall–Kier alpha value is -0.810. The summed E-state index contributed by atoms with van der Waals surface area (Å²) in [6.07, 6.45) is 7.24. The van der Waals surface area contributed by atoms with Crippen LogP contribution in [-0.4, -0.2) is 43.5 Å². The van der Waals surface area contributed by atoms with Crippen molar-refractivity contribution in [1.29, 1.82) is 0 Å². The standard InChI is InChI=1S/C17H32N2O3/c1-17(2,3)22-16(20)18-11-15(12-8-9-12)19-13-6-5-7-14(10-13)21-4/h12-15,19H,5-11H2,1-4H3,(H,18,20). The zero-order valence-electron chi connectivity index (χ0n) is 14.5. The first-order chi connectivity index (χ1) is 10.4. The van der Waals surface area contributed by atoms with Crippen LogP contribution in [0.2, 0.25) is 0 Å². The van der Waals surface area contributed by atoms with E-state index in [9.17, 15) is 4.79 Å². The summed E-state index contributed by atoms with van der Waals surface area (Å²) in [4.78, 5) is 11.8. The van der Waals surface area contributed by atoms with Crippen LogP contribution >= 0.6 is 0 Å². The predicted molar refractivity (Wildman–Crippen MR) is 86.9 cm³/mol. The van der Waals surface area contributed by atoms with Gasteiger partial charge < -0.3 is 20.1 Å². The third-order valence-electron chi connectivity index (χ3n) is 4.47. The first kappa shape index (κ1) is 17.5. The molecule has 2 saturated carbocycles. The number of carbonyl (C=O) groups excluding carboxylic acids is 1. The number of rotatable bonds is 6. The number of alkyl carbamates (subject to hydrolysis) is 1. The molecule has 5 heteroatoms. The maximum Gasteiger partial charge on any atom is 0.407 e. The highest BCUT2D eigenvalue weighted by molar-refractivity contribution is 5.67. The maximum atomic E-state index is 11.8. The van der Waals surface area contributed by atoms with Gasteiger partial charge in [-0.15, -0.1) is 0 Å². The van der Waals surface area contributed by atoms with Crippen LogP contribution < -0.4 is 10.6 Å². The third-order valence-corrected chi connectivity index (χ3v) is 4.47. The van der Waals surface area contributed by atoms with E-state index in [1.165, 1.54) is 32.1 Å². The molecule has 0 aliphatic heterocycles. The first-order valence-electron chi connectivity index (χ1n) is 8.63. The Kier molecular flexibility index (Phi) is 6.09. The van der Waals surface area contributed by atoms with Crippen molar-refractivity contribution in [2.45, 2.75) is 83.1 Å². The van der Waals surface area contributed by atoms with Crippen molar-refractivity contribution in [2.75, 3.05) is 13.7 Å². The fraction of sp³-hybridized carbons (Fsp3) is 0.941. The van der Waals surface area contributed by atoms with E-state index in [0.29, 0.717) is 30.7 Å². The molecular weight excluding hydrogens is 280 g/mol. The Balaban J connectivity index is 1.77. The van der Waals surface area contributed by atoms with Gasteiger partial charge in [0.15, 0.2) is 0 Å². The van der Waals surface area contributed by atoms with Crippen molar-refractivity contribution in [3.05, 3.63) is 0 Å². The van der Waals surface area contributed by atoms with Crippen LogP contribution in [-0.2, 0) is 9.47 Å². The van der Waals surface area contributed by atoms with Gasteiger partial charge in [0, 0.05) is 25.7 Å². The first-order valence-corrected chi connectivity index (χ1v) is 8.63. The summed E-state index contributed by atoms with van der Waals surface area (Å²) >= 11 is 0. The lowest BCUT2D eigenvalue weighted by molar-refractivity contribution is 0.0495. The zero-order chi connectivity index (χ0) is 16.2. The molecule has 2 aliphatic rings. The van der Waals surface area contributed by atoms with Crippen molar-refractivity contribution in [1.82, 2.24) is 10.6 Å². The predicted octanol–water partition coefficient (Wildman–Crippen LogP) is 2.84. The SMILES string of the molecule is COC1CCCC(NC(CNC(=O)OC(C)(C)C)C2CC2)C1. The lowest BCUT2D eigenvalue weighted by Crippen LogP contribution is -2.49. The summed E-state index contributed by atoms with van der Waals surface area (Å²) in [5.74, 6) is 0.692. The quantitative estimate of drug-likeness (QED) is 0.792. The molecule has 0 aromatic heterocycles. The smallest absolute Gasteiger partial charge is 0.407 e. The molecule has 0 heterocycles. The molecule has 3 unspecified atom stereocenters. The van der Waals surface area contributed by atoms with Gasteiger partial charge in [-0.1, -0.05) is 0 Å². The summed E-state index contributed by atoms with van der Waals surface area (Å²) in [6, 6.07) is 0.859. The van der Waals surface area contributed by atoms with E-state index in [0.717, 1.165) is 6.42 Å². The van der Waals surface area contributed by atoms with Gasteiger partial charge in [-0.25, -0.2) is 4.79 Å². The van der Waals surface area contributed by atoms with Crippen LogP contribution in [0.1, 0.15) is 59.3 Å². The summed E-state index contributed by atoms with van der Waals surface area (Å²) < 4.78 is 10.8. The molecule has 3 atom stereocenters. The largest absolute Gasteiger partial charge is 0.444 e. The summed E-state index contributed by atoms with van der Waals surface area (Å²) in [5.41, 5.74) is -0.443. The average Bonchev–Trinajstić information content (AvgIpc) is 3.26. The van der Waals surface area contributed by atoms with E-state index in [2.05, 4.69) is 10.6 Å². The second-order valence-corrected chi connectivity index (χ2v) is 7.71. The zero-order valence-corrected chi connectivity index (χ0v) is 14.5. The number of hydrogen-bond donors (Lipinski definition) is 2. The Morgan fingerprint density at radius 1 is 1.23 bits per heavy atom. The van der Waals surface area contributed by atoms with Crippen molar-refractivity contribution in [2.24, 2.45) is 5.92 Å². The molecule has 2 aliphatic carbocycles. The molecule has 0 saturated heterocycles. The fourth-order valence-corrected chi connectivity index (χ4v) is 3.18. The van der Waals surface area contributed by atoms with Gasteiger partial charge >= 0.3 is 6.09 Å². The number of hydrogen-bond acceptors (Lipinski definition) is 4. The van der Waals surface area contributed by atoms with Gasteiger partial charge in [-0.05, 0) is 65.2 Å². The van der Waals surface area contributed by atoms with E-state index in [1.54, 1.807) is 7.11 Å². The second-order valence-electron chi connectivity index (χ2n) is 7.71. The van der Waals surface area contributed by atoms with Crippen LogP contribution in [0.4, 0.5) is 4.79 Å². The molecular formula is C17H32N2O3. The minimum absolute atomic E-state index is 0.321. The van der Waals surface area contributed by atoms with Gasteiger partial charge in [-0.2, -0.15) is 0 Å². The van der Waals surface area contributed by atoms with Crippen LogP contribution in [0, 0.1) is 5.92 Å². The Bertz CT molecular complexity index is 363. The molecule has 0 radical (unpaired) electrons. The number of amides is 1. The number of methoxy groups -OCH3 is 1. The van der Waals surface area contributed by atoms with E-state index in [4.69, 9.17) is 9.47 Å². The molecule has 2 rings (SSSR count). The number of nitrogens with one attached hydrogen (secondary N) is 2. The fourth-order valence-electron chi connectivity index (χ4n) is 3.18. The minimum atomic E-state index is -0.443. The highest BCUT2D eigenvalue weighted by Gasteiger charge is 2.34. The van der Waals surface area contributed by atoms with Crippen molar-refractivity contribution < 1.29 is 14.3 Å². The molecule has 128 valence electrons. The van der Waals surface area contributed by atoms with Gasteiger partial charge in [-0.3, -0.25) is 0 Å². The Morgan fingerprint density at radius 3 is 2.55 bits per heavy atom. The number of carbonyl (C=O) groups is 1. The van der Waals surface area contributed by atoms with Gasteiger partial charge in [0.25, 0.3) is 0 Å². The third kappa shape index (κ3) is 6.13. The molecule has 22 heavy (non-hydrogen) atoms. The van der Waals surface area contributed by atoms with E-state index in [1.807, 2.05) is 20.8 Å². The van der Waals surface area contributed by atoms with Crippen molar-refractivity contribution in [3.63, 3.8) is 0 Å². The molecule has 5 nitrogen and oxygen atoms in total. The molecule has 0 spiro atoms. The van der Waals surface area contributed by atoms with Crippen LogP contribution in [0.15, 0.2) is 0 Å². The van der Waals surface area contributed by atoms with Gasteiger partial charge in [0.1, 0.15) is 5.60 Å². The maximum absolute atomic E-state index is 11.8. The van der Waals surface area contributed by atoms with Crippen LogP contribution in [0.5, 0.6) is 0 Å². The highest BCUT2D eigenvalue weighted by atomic mass is 16.6. The van der Waals surface area contributed by atoms with Crippen LogP contribution in [0.3, 0.4) is 0 Å². The minimum Gasteiger partial charge on any atom is -0.444 e. The summed E-state index contributed by atoms with van der Waals surface area (Å²) in [6.45, 7) is 6.30. The molecule has 2 fully saturated rings. The summed E-state index contributed by atoms with van der Waals surface area (Å²) in [5, 5.41) is 6.67. The van der Waals surface area contributed by atoms with Gasteiger partial charge in [0.2, 0.25) is 0 Å². The van der Waals surface area contributed by atoms with E-state index in [-0.39, 0.29) is 6.09 Å². The molecule has 2 N–H and O–H groups in total. The second kappa shape index (κ2) is 7.64. The monoisotopic (exact) mass is 312 g/mol. The molecule has 0 aromatic rings. The van der Waals surface area contributed by atoms with E-state index >= 15 is 0 Å². The van der Waals surface area contributed by atoms with Gasteiger partial charge in [0.05, 0.1) is 6.10 Å². The molecule has 1 amide bonds. The summed E-state index contributed by atoms with van der Waals surface area (Å²) in [7, 11) is 1.80. The molecule has 0 bridgehead atoms. The lowest BCUT2D eigenvalue weighted by Gasteiger charge is -2.32. The Labute approximate surface area is 134 Å². The highest BCUT2D eigenvalue weighted by Crippen LogP contribution is 2.33. The normalized spacial score (nSPS) is 27.3. The van der Waals surface area contributed by atoms with Crippen molar-refractivity contribution in [3.8, 4) is 0 Å². The topological polar surface area (TPSA) is 59.6 Å². The molecule has 0 aromatic carbocycles.